The molecule has 3 heterocycles. The molecular weight excluding hydrogens is 1910 g/mol. The van der Waals surface area contributed by atoms with E-state index in [4.69, 9.17) is 23.2 Å². The molecule has 12 saturated carbocycles. The number of hydrazine groups is 2. The molecule has 3 aliphatic heterocycles. The van der Waals surface area contributed by atoms with Crippen molar-refractivity contribution in [1.82, 2.24) is 20.9 Å². The Kier molecular flexibility index (Phi) is 118. The molecule has 738 valence electrons. The Hall–Kier alpha value is 0.187. The summed E-state index contributed by atoms with van der Waals surface area (Å²) in [4.78, 5) is 45.9. The maximum absolute atomic E-state index is 13.1. The molecule has 2 N–H and O–H groups in total. The van der Waals surface area contributed by atoms with Gasteiger partial charge in [-0.2, -0.15) is 10.2 Å². The van der Waals surface area contributed by atoms with Gasteiger partial charge in [0.05, 0.1) is 11.6 Å². The number of hydrogen-bond acceptors (Lipinski definition) is 8. The Morgan fingerprint density at radius 3 is 0.770 bits per heavy atom. The molecule has 12 aliphatic carbocycles. The summed E-state index contributed by atoms with van der Waals surface area (Å²) in [6.07, 6.45) is 83.8. The average Bonchev–Trinajstić information content (AvgIpc) is 1.57. The minimum atomic E-state index is -0.582. The molecule has 18 rings (SSSR count). The molecule has 2 amide bonds. The number of fused-ring (bicyclic) bond motifs is 1. The first kappa shape index (κ1) is 152. The van der Waals surface area contributed by atoms with Crippen molar-refractivity contribution in [3.63, 3.8) is 0 Å². The topological polar surface area (TPSA) is 124 Å². The van der Waals surface area contributed by atoms with E-state index in [0.717, 1.165) is 17.8 Å². The summed E-state index contributed by atoms with van der Waals surface area (Å²) in [5, 5.41) is 15.4. The van der Waals surface area contributed by atoms with E-state index >= 15 is 0 Å². The number of hydrogen-bond donors (Lipinski definition) is 2. The Labute approximate surface area is 862 Å². The van der Waals surface area contributed by atoms with Crippen molar-refractivity contribution < 1.29 is 122 Å². The third kappa shape index (κ3) is 63.6. The first-order valence-corrected chi connectivity index (χ1v) is 49.4. The van der Waals surface area contributed by atoms with E-state index in [1.807, 2.05) is 40.3 Å². The molecule has 7 atom stereocenters. The molecular formula is C105H187Cl2Fe6N6O4P3. The standard InChI is InChI=1S/C22H29N2O2P.C14H21N2P.C12H20N2.C6H7P.7C5H10.C4H4Cl2O2.12CH3.6Fe/c25-19-14-15-20(26)24-22(17-10-6-7-11-17)27(18-12-2-1-3-13-18)21(23(19)24)16-8-4-5-9-16;1-11-15-16-14(12-7-5-6-8-12)17(11)13-9-3-2-4-10-13;1-2-6-11(5-1)9-13-14-10-12-7-3-4-8-12;7-6-4-2-1-3-5-6;7*1-2-4-5-3-1;5-3(7)1-2-4(6)8;;;;;;;;;;;;;;;;;;/h1-3,12-13,16-17,21-22H,4-11,14-15H2;2-4,9-12,14-16H,5-8H2,1H3;9-12H,1-8H2;1-5H,7H2;7*1-5H2;1-2H2;12*1H3;;;;;;/q;;;;;;;;;;;;12*-1;6*+2/b;;13-9+,14-10+;;;;;;;;;;;;;;;;;;;;;;;;;;;/t21-,22+,27?;11-,14-,17-;;;;;;;;;;;;;;;;;;;;;;;;;;;;/m.0............................/s1. The van der Waals surface area contributed by atoms with Crippen molar-refractivity contribution in [2.24, 2.45) is 39.8 Å². The molecule has 15 aliphatic rings. The van der Waals surface area contributed by atoms with Gasteiger partial charge in [0.15, 0.2) is 0 Å². The summed E-state index contributed by atoms with van der Waals surface area (Å²) in [5.41, 5.74) is 7.05. The predicted molar refractivity (Wildman–Crippen MR) is 548 cm³/mol. The maximum Gasteiger partial charge on any atom is 2.00 e. The van der Waals surface area contributed by atoms with Crippen LogP contribution in [0.1, 0.15) is 386 Å². The molecule has 10 nitrogen and oxygen atoms in total. The fourth-order valence-electron chi connectivity index (χ4n) is 18.4. The van der Waals surface area contributed by atoms with Crippen LogP contribution in [-0.4, -0.2) is 67.9 Å². The van der Waals surface area contributed by atoms with Gasteiger partial charge in [0, 0.05) is 49.7 Å². The Balaban J connectivity index is -0.000000117. The van der Waals surface area contributed by atoms with Gasteiger partial charge in [0.25, 0.3) is 0 Å². The molecule has 0 radical (unpaired) electrons. The third-order valence-electron chi connectivity index (χ3n) is 24.6. The van der Waals surface area contributed by atoms with E-state index in [0.29, 0.717) is 36.2 Å². The van der Waals surface area contributed by atoms with Crippen molar-refractivity contribution >= 4 is 98.9 Å². The van der Waals surface area contributed by atoms with Gasteiger partial charge in [-0.05, 0) is 156 Å². The molecule has 0 aromatic heterocycles. The normalized spacial score (nSPS) is 22.2. The second kappa shape index (κ2) is 98.2. The summed E-state index contributed by atoms with van der Waals surface area (Å²) in [6, 6.07) is 32.1. The number of carbonyl (C=O) groups is 4. The van der Waals surface area contributed by atoms with Gasteiger partial charge in [-0.25, -0.2) is 20.9 Å². The monoisotopic (exact) mass is 2090 g/mol. The molecule has 3 aromatic rings. The number of benzene rings is 3. The zero-order chi connectivity index (χ0) is 76.1. The fraction of sp³-hybridized carbons (Fsp3) is 0.657. The van der Waals surface area contributed by atoms with Gasteiger partial charge in [-0.15, -0.1) is 9.24 Å². The second-order valence-corrected chi connectivity index (χ2v) is 40.0. The smallest absolute Gasteiger partial charge is 0.358 e. The van der Waals surface area contributed by atoms with E-state index in [1.54, 1.807) is 5.30 Å². The van der Waals surface area contributed by atoms with E-state index in [2.05, 4.69) is 110 Å². The molecule has 126 heavy (non-hydrogen) atoms. The summed E-state index contributed by atoms with van der Waals surface area (Å²) in [6.45, 7) is 2.32. The number of rotatable bonds is 11. The van der Waals surface area contributed by atoms with Crippen molar-refractivity contribution in [2.45, 2.75) is 409 Å². The molecule has 2 unspecified atom stereocenters. The van der Waals surface area contributed by atoms with Gasteiger partial charge in [0.1, 0.15) is 0 Å². The molecule has 21 heteroatoms. The Morgan fingerprint density at radius 1 is 0.333 bits per heavy atom. The number of halogens is 2. The first-order chi connectivity index (χ1) is 53.1. The van der Waals surface area contributed by atoms with Crippen molar-refractivity contribution in [3.05, 3.63) is 180 Å². The van der Waals surface area contributed by atoms with Crippen LogP contribution in [0.3, 0.4) is 0 Å². The van der Waals surface area contributed by atoms with Gasteiger partial charge in [-0.1, -0.05) is 380 Å². The van der Waals surface area contributed by atoms with Gasteiger partial charge in [0.2, 0.25) is 22.3 Å². The Morgan fingerprint density at radius 2 is 0.548 bits per heavy atom. The van der Waals surface area contributed by atoms with Crippen molar-refractivity contribution in [2.75, 3.05) is 0 Å². The number of nitrogens with zero attached hydrogens (tertiary/aromatic N) is 4. The first-order valence-electron chi connectivity index (χ1n) is 45.1. The quantitative estimate of drug-likeness (QED) is 0.0492. The summed E-state index contributed by atoms with van der Waals surface area (Å²) in [5.74, 6) is 5.55. The van der Waals surface area contributed by atoms with Crippen LogP contribution in [-0.2, 0) is 122 Å². The number of amides is 2. The van der Waals surface area contributed by atoms with E-state index < -0.39 is 18.4 Å². The van der Waals surface area contributed by atoms with E-state index in [-0.39, 0.29) is 236 Å². The number of nitrogens with one attached hydrogen (secondary N) is 2. The molecule has 0 spiro atoms. The minimum Gasteiger partial charge on any atom is -0.358 e. The van der Waals surface area contributed by atoms with Crippen molar-refractivity contribution in [3.8, 4) is 0 Å². The fourth-order valence-corrected chi connectivity index (χ4v) is 25.7. The van der Waals surface area contributed by atoms with Crippen LogP contribution in [0.2, 0.25) is 0 Å². The SMILES string of the molecule is C(=N\N=C\C1CCCC1)/C1CCCC1.C1CCCC1.C1CCCC1.C1CCCC1.C1CCCC1.C1CCCC1.C1CCCC1.C1CCCC1.C[C@H]1NN[C@H](C2CCCC2)[P@]1c1ccccc1.O=C(Cl)CCC(=O)Cl.O=C1CCC(=O)N2[C@H](C3CCCC3)P(c3ccccc3)[C@H](C3CCCC3)N12.Pc1ccccc1.[CH3-].[CH3-].[CH3-].[CH3-].[CH3-].[CH3-].[CH3-].[CH3-].[CH3-].[CH3-].[CH3-].[CH3-].[Fe+2].[Fe+2].[Fe+2].[Fe+2].[Fe+2].[Fe+2]. The maximum atomic E-state index is 13.1. The largest absolute Gasteiger partial charge is 2.00 e. The average molecular weight is 2100 g/mol. The Bertz CT molecular complexity index is 2610. The second-order valence-electron chi connectivity index (χ2n) is 33.4. The van der Waals surface area contributed by atoms with E-state index in [1.165, 1.54) is 364 Å². The van der Waals surface area contributed by atoms with Crippen LogP contribution in [0, 0.1) is 119 Å². The zero-order valence-corrected chi connectivity index (χ0v) is 93.1. The van der Waals surface area contributed by atoms with Gasteiger partial charge in [-0.3, -0.25) is 19.2 Å². The minimum absolute atomic E-state index is 0. The number of carbonyl (C=O) groups excluding carboxylic acids is 4. The third-order valence-corrected chi connectivity index (χ3v) is 31.7. The van der Waals surface area contributed by atoms with Gasteiger partial charge < -0.3 is 89.1 Å². The van der Waals surface area contributed by atoms with Crippen LogP contribution in [0.25, 0.3) is 0 Å². The molecule has 0 bridgehead atoms. The van der Waals surface area contributed by atoms with Gasteiger partial charge >= 0.3 is 102 Å². The molecule has 3 saturated heterocycles. The molecule has 3 aromatic carbocycles. The molecule has 15 fully saturated rings. The summed E-state index contributed by atoms with van der Waals surface area (Å²) < 4.78 is 0. The van der Waals surface area contributed by atoms with Crippen LogP contribution in [0.15, 0.2) is 101 Å². The summed E-state index contributed by atoms with van der Waals surface area (Å²) in [7, 11) is 1.95. The van der Waals surface area contributed by atoms with Crippen molar-refractivity contribution in [1.29, 1.82) is 0 Å². The van der Waals surface area contributed by atoms with E-state index in [9.17, 15) is 19.2 Å². The zero-order valence-electron chi connectivity index (χ0n) is 82.0. The van der Waals surface area contributed by atoms with Crippen LogP contribution in [0.5, 0.6) is 0 Å². The van der Waals surface area contributed by atoms with Crippen LogP contribution >= 0.6 is 48.3 Å². The van der Waals surface area contributed by atoms with Crippen LogP contribution in [0.4, 0.5) is 0 Å². The predicted octanol–water partition coefficient (Wildman–Crippen LogP) is 31.9. The van der Waals surface area contributed by atoms with Crippen LogP contribution < -0.4 is 26.8 Å². The summed E-state index contributed by atoms with van der Waals surface area (Å²) >= 11 is 9.74.